The monoisotopic (exact) mass is 170 g/mol. The summed E-state index contributed by atoms with van der Waals surface area (Å²) in [6, 6.07) is 0. The lowest BCUT2D eigenvalue weighted by Crippen LogP contribution is -1.97. The standard InChI is InChI=1S/C10H18O2/c1-2-10(7-5-9-12)6-3-4-8-11/h2,4,8,10-12H,1,3,5-7,9H2/b8-4+. The van der Waals surface area contributed by atoms with Crippen LogP contribution in [0.2, 0.25) is 0 Å². The second-order valence-corrected chi connectivity index (χ2v) is 2.82. The van der Waals surface area contributed by atoms with Crippen molar-refractivity contribution in [1.29, 1.82) is 0 Å². The number of aliphatic hydroxyl groups is 2. The Bertz CT molecular complexity index is 130. The van der Waals surface area contributed by atoms with E-state index >= 15 is 0 Å². The molecule has 0 spiro atoms. The maximum Gasteiger partial charge on any atom is 0.0751 e. The van der Waals surface area contributed by atoms with Gasteiger partial charge in [-0.1, -0.05) is 12.2 Å². The van der Waals surface area contributed by atoms with Crippen molar-refractivity contribution in [3.05, 3.63) is 25.0 Å². The molecule has 0 rings (SSSR count). The Morgan fingerprint density at radius 2 is 2.08 bits per heavy atom. The number of rotatable bonds is 7. The Balaban J connectivity index is 3.45. The molecule has 0 aliphatic rings. The molecule has 0 radical (unpaired) electrons. The molecule has 0 heterocycles. The Hall–Kier alpha value is -0.760. The first-order chi connectivity index (χ1) is 5.85. The summed E-state index contributed by atoms with van der Waals surface area (Å²) >= 11 is 0. The van der Waals surface area contributed by atoms with E-state index in [1.54, 1.807) is 6.08 Å². The molecule has 2 heteroatoms. The molecule has 0 fully saturated rings. The number of hydrogen-bond donors (Lipinski definition) is 2. The predicted octanol–water partition coefficient (Wildman–Crippen LogP) is 2.41. The maximum atomic E-state index is 8.59. The molecule has 70 valence electrons. The lowest BCUT2D eigenvalue weighted by atomic mass is 9.98. The van der Waals surface area contributed by atoms with E-state index in [1.807, 2.05) is 6.08 Å². The fourth-order valence-corrected chi connectivity index (χ4v) is 1.12. The van der Waals surface area contributed by atoms with E-state index in [0.717, 1.165) is 31.9 Å². The zero-order valence-electron chi connectivity index (χ0n) is 7.45. The van der Waals surface area contributed by atoms with Crippen LogP contribution in [-0.2, 0) is 0 Å². The largest absolute Gasteiger partial charge is 0.516 e. The smallest absolute Gasteiger partial charge is 0.0751 e. The van der Waals surface area contributed by atoms with E-state index in [9.17, 15) is 0 Å². The zero-order chi connectivity index (χ0) is 9.23. The molecule has 0 aromatic carbocycles. The predicted molar refractivity (Wildman–Crippen MR) is 51.0 cm³/mol. The molecule has 0 bridgehead atoms. The minimum absolute atomic E-state index is 0.250. The van der Waals surface area contributed by atoms with Gasteiger partial charge in [0, 0.05) is 6.61 Å². The van der Waals surface area contributed by atoms with Crippen molar-refractivity contribution < 1.29 is 10.2 Å². The molecule has 0 saturated heterocycles. The third-order valence-corrected chi connectivity index (χ3v) is 1.88. The van der Waals surface area contributed by atoms with Gasteiger partial charge >= 0.3 is 0 Å². The minimum atomic E-state index is 0.250. The van der Waals surface area contributed by atoms with E-state index in [2.05, 4.69) is 6.58 Å². The molecular weight excluding hydrogens is 152 g/mol. The third kappa shape index (κ3) is 5.98. The average Bonchev–Trinajstić information content (AvgIpc) is 2.11. The quantitative estimate of drug-likeness (QED) is 0.455. The first-order valence-electron chi connectivity index (χ1n) is 4.37. The summed E-state index contributed by atoms with van der Waals surface area (Å²) in [6.07, 6.45) is 8.42. The zero-order valence-corrected chi connectivity index (χ0v) is 7.45. The van der Waals surface area contributed by atoms with Gasteiger partial charge in [-0.3, -0.25) is 0 Å². The van der Waals surface area contributed by atoms with Crippen LogP contribution < -0.4 is 0 Å². The van der Waals surface area contributed by atoms with Gasteiger partial charge in [-0.15, -0.1) is 6.58 Å². The van der Waals surface area contributed by atoms with Crippen LogP contribution in [0.25, 0.3) is 0 Å². The Kier molecular flexibility index (Phi) is 7.81. The fraction of sp³-hybridized carbons (Fsp3) is 0.600. The van der Waals surface area contributed by atoms with Crippen molar-refractivity contribution in [3.63, 3.8) is 0 Å². The molecule has 0 amide bonds. The SMILES string of the molecule is C=CC(CC/C=C/O)CCCO. The summed E-state index contributed by atoms with van der Waals surface area (Å²) < 4.78 is 0. The van der Waals surface area contributed by atoms with E-state index in [-0.39, 0.29) is 6.61 Å². The molecule has 12 heavy (non-hydrogen) atoms. The van der Waals surface area contributed by atoms with Gasteiger partial charge in [-0.05, 0) is 31.6 Å². The lowest BCUT2D eigenvalue weighted by molar-refractivity contribution is 0.276. The number of aliphatic hydroxyl groups excluding tert-OH is 2. The highest BCUT2D eigenvalue weighted by Gasteiger charge is 2.01. The van der Waals surface area contributed by atoms with Gasteiger partial charge in [0.2, 0.25) is 0 Å². The number of allylic oxidation sites excluding steroid dienone is 2. The van der Waals surface area contributed by atoms with E-state index in [4.69, 9.17) is 10.2 Å². The molecule has 1 unspecified atom stereocenters. The summed E-state index contributed by atoms with van der Waals surface area (Å²) in [5, 5.41) is 17.0. The van der Waals surface area contributed by atoms with Crippen LogP contribution in [0.4, 0.5) is 0 Å². The minimum Gasteiger partial charge on any atom is -0.516 e. The molecular formula is C10H18O2. The molecule has 0 aliphatic carbocycles. The van der Waals surface area contributed by atoms with Crippen molar-refractivity contribution in [2.75, 3.05) is 6.61 Å². The molecule has 1 atom stereocenters. The Morgan fingerprint density at radius 1 is 1.33 bits per heavy atom. The van der Waals surface area contributed by atoms with Crippen LogP contribution in [0.3, 0.4) is 0 Å². The Labute approximate surface area is 74.2 Å². The second kappa shape index (κ2) is 8.34. The summed E-state index contributed by atoms with van der Waals surface area (Å²) in [5.74, 6) is 0.466. The van der Waals surface area contributed by atoms with Crippen molar-refractivity contribution in [2.45, 2.75) is 25.7 Å². The van der Waals surface area contributed by atoms with E-state index in [0.29, 0.717) is 5.92 Å². The van der Waals surface area contributed by atoms with Gasteiger partial charge < -0.3 is 10.2 Å². The summed E-state index contributed by atoms with van der Waals surface area (Å²) in [7, 11) is 0. The van der Waals surface area contributed by atoms with Crippen LogP contribution >= 0.6 is 0 Å². The van der Waals surface area contributed by atoms with Crippen molar-refractivity contribution >= 4 is 0 Å². The molecule has 0 aliphatic heterocycles. The highest BCUT2D eigenvalue weighted by atomic mass is 16.3. The van der Waals surface area contributed by atoms with Gasteiger partial charge in [-0.25, -0.2) is 0 Å². The number of hydrogen-bond acceptors (Lipinski definition) is 2. The summed E-state index contributed by atoms with van der Waals surface area (Å²) in [6.45, 7) is 3.97. The van der Waals surface area contributed by atoms with Gasteiger partial charge in [0.25, 0.3) is 0 Å². The second-order valence-electron chi connectivity index (χ2n) is 2.82. The van der Waals surface area contributed by atoms with Crippen LogP contribution in [0.1, 0.15) is 25.7 Å². The normalized spacial score (nSPS) is 13.4. The first-order valence-corrected chi connectivity index (χ1v) is 4.37. The van der Waals surface area contributed by atoms with Crippen LogP contribution in [0.5, 0.6) is 0 Å². The van der Waals surface area contributed by atoms with Gasteiger partial charge in [0.1, 0.15) is 0 Å². The molecule has 2 N–H and O–H groups in total. The van der Waals surface area contributed by atoms with Crippen molar-refractivity contribution in [2.24, 2.45) is 5.92 Å². The van der Waals surface area contributed by atoms with Gasteiger partial charge in [0.15, 0.2) is 0 Å². The lowest BCUT2D eigenvalue weighted by Gasteiger charge is -2.08. The fourth-order valence-electron chi connectivity index (χ4n) is 1.12. The molecule has 0 aromatic heterocycles. The highest BCUT2D eigenvalue weighted by Crippen LogP contribution is 2.14. The van der Waals surface area contributed by atoms with Crippen LogP contribution in [0, 0.1) is 5.92 Å². The van der Waals surface area contributed by atoms with Crippen LogP contribution in [-0.4, -0.2) is 16.8 Å². The summed E-state index contributed by atoms with van der Waals surface area (Å²) in [5.41, 5.74) is 0. The van der Waals surface area contributed by atoms with Crippen molar-refractivity contribution in [1.82, 2.24) is 0 Å². The van der Waals surface area contributed by atoms with Crippen molar-refractivity contribution in [3.8, 4) is 0 Å². The van der Waals surface area contributed by atoms with Crippen LogP contribution in [0.15, 0.2) is 25.0 Å². The third-order valence-electron chi connectivity index (χ3n) is 1.88. The topological polar surface area (TPSA) is 40.5 Å². The maximum absolute atomic E-state index is 8.59. The average molecular weight is 170 g/mol. The van der Waals surface area contributed by atoms with Gasteiger partial charge in [-0.2, -0.15) is 0 Å². The Morgan fingerprint density at radius 3 is 2.58 bits per heavy atom. The molecule has 2 nitrogen and oxygen atoms in total. The molecule has 0 saturated carbocycles. The van der Waals surface area contributed by atoms with E-state index in [1.165, 1.54) is 0 Å². The van der Waals surface area contributed by atoms with Gasteiger partial charge in [0.05, 0.1) is 6.26 Å². The molecule has 0 aromatic rings. The summed E-state index contributed by atoms with van der Waals surface area (Å²) in [4.78, 5) is 0. The highest BCUT2D eigenvalue weighted by molar-refractivity contribution is 4.82. The van der Waals surface area contributed by atoms with E-state index < -0.39 is 0 Å². The first kappa shape index (κ1) is 11.2.